The van der Waals surface area contributed by atoms with Crippen molar-refractivity contribution < 1.29 is 23.9 Å². The molecule has 1 fully saturated rings. The van der Waals surface area contributed by atoms with Gasteiger partial charge in [-0.25, -0.2) is 0 Å². The summed E-state index contributed by atoms with van der Waals surface area (Å²) in [6.07, 6.45) is 0.0211. The summed E-state index contributed by atoms with van der Waals surface area (Å²) in [4.78, 5) is 10.7. The lowest BCUT2D eigenvalue weighted by atomic mass is 9.90. The van der Waals surface area contributed by atoms with Crippen molar-refractivity contribution in [2.24, 2.45) is 5.92 Å². The van der Waals surface area contributed by atoms with Crippen LogP contribution in [0.3, 0.4) is 0 Å². The molecule has 0 amide bonds. The summed E-state index contributed by atoms with van der Waals surface area (Å²) in [6.45, 7) is 0.564. The molecule has 7 nitrogen and oxygen atoms in total. The van der Waals surface area contributed by atoms with Gasteiger partial charge in [0.05, 0.1) is 36.7 Å². The fraction of sp³-hybridized carbons (Fsp3) is 0.538. The molecule has 0 spiro atoms. The molecule has 20 heavy (non-hydrogen) atoms. The normalized spacial score (nSPS) is 27.4. The summed E-state index contributed by atoms with van der Waals surface area (Å²) < 4.78 is 21.8. The highest BCUT2D eigenvalue weighted by Gasteiger charge is 2.45. The van der Waals surface area contributed by atoms with Gasteiger partial charge in [-0.2, -0.15) is 0 Å². The van der Waals surface area contributed by atoms with Gasteiger partial charge in [-0.05, 0) is 12.5 Å². The number of rotatable bonds is 3. The number of nitro benzene ring substituents is 1. The fourth-order valence-electron chi connectivity index (χ4n) is 2.85. The average molecular weight is 281 g/mol. The highest BCUT2D eigenvalue weighted by Crippen LogP contribution is 2.49. The Hall–Kier alpha value is -1.86. The van der Waals surface area contributed by atoms with Gasteiger partial charge in [0.15, 0.2) is 0 Å². The first-order valence-electron chi connectivity index (χ1n) is 6.33. The zero-order chi connectivity index (χ0) is 14.3. The van der Waals surface area contributed by atoms with Gasteiger partial charge in [0.2, 0.25) is 12.0 Å². The Balaban J connectivity index is 2.15. The molecule has 0 unspecified atom stereocenters. The molecule has 1 saturated heterocycles. The molecule has 0 aliphatic carbocycles. The van der Waals surface area contributed by atoms with Crippen LogP contribution in [0.25, 0.3) is 0 Å². The van der Waals surface area contributed by atoms with E-state index in [1.807, 2.05) is 0 Å². The van der Waals surface area contributed by atoms with Crippen molar-refractivity contribution in [3.8, 4) is 11.5 Å². The number of benzene rings is 1. The molecule has 0 saturated carbocycles. The van der Waals surface area contributed by atoms with Gasteiger partial charge in [-0.15, -0.1) is 0 Å². The maximum Gasteiger partial charge on any atom is 0.315 e. The van der Waals surface area contributed by atoms with Gasteiger partial charge in [0.25, 0.3) is 0 Å². The molecule has 0 radical (unpaired) electrons. The van der Waals surface area contributed by atoms with Crippen LogP contribution in [0.4, 0.5) is 5.69 Å². The van der Waals surface area contributed by atoms with Gasteiger partial charge in [-0.1, -0.05) is 0 Å². The van der Waals surface area contributed by atoms with Crippen LogP contribution < -0.4 is 9.47 Å². The quantitative estimate of drug-likeness (QED) is 0.623. The minimum atomic E-state index is -0.487. The summed E-state index contributed by atoms with van der Waals surface area (Å²) in [5.74, 6) is 0.670. The lowest BCUT2D eigenvalue weighted by Gasteiger charge is -2.33. The highest BCUT2D eigenvalue weighted by atomic mass is 16.7. The molecule has 0 N–H and O–H groups in total. The standard InChI is InChI=1S/C13H15NO6/c1-17-7-5-9-11(18-2)8-3-4-19-13(8)20-12(9)10(6-7)14(15)16/h5-6,8,11,13H,3-4H2,1-2H3/t8-,11+,13+/m1/s1. The zero-order valence-electron chi connectivity index (χ0n) is 11.2. The highest BCUT2D eigenvalue weighted by molar-refractivity contribution is 5.58. The first-order chi connectivity index (χ1) is 9.65. The lowest BCUT2D eigenvalue weighted by molar-refractivity contribution is -0.386. The average Bonchev–Trinajstić information content (AvgIpc) is 2.91. The van der Waals surface area contributed by atoms with Crippen molar-refractivity contribution in [1.82, 2.24) is 0 Å². The molecule has 3 atom stereocenters. The molecule has 108 valence electrons. The molecule has 2 aliphatic rings. The molecule has 1 aromatic rings. The Morgan fingerprint density at radius 3 is 2.85 bits per heavy atom. The Morgan fingerprint density at radius 1 is 1.40 bits per heavy atom. The first kappa shape index (κ1) is 13.1. The number of fused-ring (bicyclic) bond motifs is 2. The summed E-state index contributed by atoms with van der Waals surface area (Å²) in [6, 6.07) is 3.08. The summed E-state index contributed by atoms with van der Waals surface area (Å²) in [5.41, 5.74) is 0.514. The van der Waals surface area contributed by atoms with E-state index in [1.165, 1.54) is 13.2 Å². The largest absolute Gasteiger partial charge is 0.496 e. The van der Waals surface area contributed by atoms with Crippen molar-refractivity contribution >= 4 is 5.69 Å². The molecule has 7 heteroatoms. The monoisotopic (exact) mass is 281 g/mol. The third kappa shape index (κ3) is 1.90. The number of hydrogen-bond acceptors (Lipinski definition) is 6. The Labute approximate surface area is 115 Å². The summed E-state index contributed by atoms with van der Waals surface area (Å²) >= 11 is 0. The van der Waals surface area contributed by atoms with E-state index in [-0.39, 0.29) is 23.5 Å². The molecule has 1 aromatic carbocycles. The minimum Gasteiger partial charge on any atom is -0.496 e. The summed E-state index contributed by atoms with van der Waals surface area (Å²) in [7, 11) is 3.05. The van der Waals surface area contributed by atoms with E-state index in [0.29, 0.717) is 17.9 Å². The number of nitrogens with zero attached hydrogens (tertiary/aromatic N) is 1. The van der Waals surface area contributed by atoms with Crippen molar-refractivity contribution in [1.29, 1.82) is 0 Å². The Morgan fingerprint density at radius 2 is 2.20 bits per heavy atom. The van der Waals surface area contributed by atoms with Crippen LogP contribution in [0.15, 0.2) is 12.1 Å². The number of ether oxygens (including phenoxy) is 4. The predicted molar refractivity (Wildman–Crippen MR) is 67.9 cm³/mol. The van der Waals surface area contributed by atoms with Gasteiger partial charge in [0, 0.05) is 12.7 Å². The molecular weight excluding hydrogens is 266 g/mol. The second kappa shape index (κ2) is 4.92. The Bertz CT molecular complexity index is 546. The number of nitro groups is 1. The molecule has 3 rings (SSSR count). The van der Waals surface area contributed by atoms with E-state index < -0.39 is 11.2 Å². The maximum atomic E-state index is 11.2. The van der Waals surface area contributed by atoms with Crippen LogP contribution in [-0.2, 0) is 9.47 Å². The number of methoxy groups -OCH3 is 2. The maximum absolute atomic E-state index is 11.2. The topological polar surface area (TPSA) is 80.1 Å². The summed E-state index contributed by atoms with van der Waals surface area (Å²) in [5, 5.41) is 11.2. The Kier molecular flexibility index (Phi) is 3.23. The molecule has 2 heterocycles. The fourth-order valence-corrected chi connectivity index (χ4v) is 2.85. The zero-order valence-corrected chi connectivity index (χ0v) is 11.2. The van der Waals surface area contributed by atoms with Crippen molar-refractivity contribution in [3.63, 3.8) is 0 Å². The third-order valence-corrected chi connectivity index (χ3v) is 3.77. The van der Waals surface area contributed by atoms with E-state index in [2.05, 4.69) is 0 Å². The first-order valence-corrected chi connectivity index (χ1v) is 6.33. The van der Waals surface area contributed by atoms with Crippen molar-refractivity contribution in [3.05, 3.63) is 27.8 Å². The van der Waals surface area contributed by atoms with E-state index in [1.54, 1.807) is 13.2 Å². The minimum absolute atomic E-state index is 0.0409. The number of hydrogen-bond donors (Lipinski definition) is 0. The molecular formula is C13H15NO6. The van der Waals surface area contributed by atoms with Crippen LogP contribution in [0, 0.1) is 16.0 Å². The smallest absolute Gasteiger partial charge is 0.315 e. The predicted octanol–water partition coefficient (Wildman–Crippen LogP) is 2.05. The van der Waals surface area contributed by atoms with Crippen molar-refractivity contribution in [2.45, 2.75) is 18.8 Å². The van der Waals surface area contributed by atoms with E-state index in [0.717, 1.165) is 6.42 Å². The van der Waals surface area contributed by atoms with Gasteiger partial charge in [-0.3, -0.25) is 10.1 Å². The SMILES string of the molecule is COc1cc2c(c([N+](=O)[O-])c1)O[C@@H]1OCC[C@@H]1[C@@H]2OC. The van der Waals surface area contributed by atoms with Crippen LogP contribution >= 0.6 is 0 Å². The van der Waals surface area contributed by atoms with Crippen molar-refractivity contribution in [2.75, 3.05) is 20.8 Å². The molecule has 0 aromatic heterocycles. The van der Waals surface area contributed by atoms with Crippen LogP contribution in [0.5, 0.6) is 11.5 Å². The second-order valence-corrected chi connectivity index (χ2v) is 4.79. The third-order valence-electron chi connectivity index (χ3n) is 3.77. The van der Waals surface area contributed by atoms with Gasteiger partial charge >= 0.3 is 5.69 Å². The molecule has 2 aliphatic heterocycles. The van der Waals surface area contributed by atoms with Gasteiger partial charge in [0.1, 0.15) is 5.75 Å². The second-order valence-electron chi connectivity index (χ2n) is 4.79. The lowest BCUT2D eigenvalue weighted by Crippen LogP contribution is -2.34. The van der Waals surface area contributed by atoms with Crippen LogP contribution in [0.2, 0.25) is 0 Å². The van der Waals surface area contributed by atoms with E-state index in [9.17, 15) is 10.1 Å². The van der Waals surface area contributed by atoms with Crippen LogP contribution in [0.1, 0.15) is 18.1 Å². The molecule has 0 bridgehead atoms. The van der Waals surface area contributed by atoms with E-state index >= 15 is 0 Å². The van der Waals surface area contributed by atoms with Crippen LogP contribution in [-0.4, -0.2) is 32.0 Å². The van der Waals surface area contributed by atoms with Gasteiger partial charge < -0.3 is 18.9 Å². The van der Waals surface area contributed by atoms with E-state index in [4.69, 9.17) is 18.9 Å².